The Kier molecular flexibility index (Phi) is 16.3. The van der Waals surface area contributed by atoms with Gasteiger partial charge in [0, 0.05) is 28.8 Å². The van der Waals surface area contributed by atoms with Gasteiger partial charge in [-0.25, -0.2) is 0 Å². The molecule has 0 radical (unpaired) electrons. The van der Waals surface area contributed by atoms with Gasteiger partial charge in [-0.1, -0.05) is 17.2 Å². The first kappa shape index (κ1) is 20.5. The van der Waals surface area contributed by atoms with Crippen LogP contribution in [0.5, 0.6) is 0 Å². The van der Waals surface area contributed by atoms with Gasteiger partial charge in [0.25, 0.3) is 0 Å². The quantitative estimate of drug-likeness (QED) is 0.187. The second-order valence-corrected chi connectivity index (χ2v) is 4.39. The fourth-order valence-corrected chi connectivity index (χ4v) is 1.36. The van der Waals surface area contributed by atoms with E-state index >= 15 is 0 Å². The smallest absolute Gasteiger partial charge is 0.0700 e. The molecule has 0 aliphatic carbocycles. The summed E-state index contributed by atoms with van der Waals surface area (Å²) in [4.78, 5) is 5.25. The predicted octanol–water partition coefficient (Wildman–Crippen LogP) is 2.31. The molecule has 10 heteroatoms. The van der Waals surface area contributed by atoms with Crippen molar-refractivity contribution in [3.63, 3.8) is 0 Å². The Bertz CT molecular complexity index is 313. The summed E-state index contributed by atoms with van der Waals surface area (Å²) in [5, 5.41) is 6.71. The van der Waals surface area contributed by atoms with Crippen molar-refractivity contribution in [3.8, 4) is 0 Å². The largest absolute Gasteiger partial charge is 0.379 e. The van der Waals surface area contributed by atoms with Gasteiger partial charge in [0.15, 0.2) is 0 Å². The van der Waals surface area contributed by atoms with Crippen molar-refractivity contribution in [1.82, 2.24) is 0 Å². The molecule has 22 heavy (non-hydrogen) atoms. The summed E-state index contributed by atoms with van der Waals surface area (Å²) in [5.74, 6) is 0.284. The van der Waals surface area contributed by atoms with Gasteiger partial charge in [0.1, 0.15) is 0 Å². The summed E-state index contributed by atoms with van der Waals surface area (Å²) in [7, 11) is 0. The van der Waals surface area contributed by atoms with Crippen molar-refractivity contribution in [2.45, 2.75) is 6.92 Å². The number of rotatable bonds is 16. The molecule has 0 aliphatic rings. The summed E-state index contributed by atoms with van der Waals surface area (Å²) >= 11 is 0. The summed E-state index contributed by atoms with van der Waals surface area (Å²) in [6.07, 6.45) is 0. The monoisotopic (exact) mass is 316 g/mol. The Balaban J connectivity index is 3.20. The lowest BCUT2D eigenvalue weighted by atomic mass is 10.2. The summed E-state index contributed by atoms with van der Waals surface area (Å²) in [5.41, 5.74) is 16.1. The SMILES string of the molecule is CC(COCCOCCN=[N+]=[N-])COCCOCCN=[N+]=[N-]. The van der Waals surface area contributed by atoms with Crippen molar-refractivity contribution in [1.29, 1.82) is 0 Å². The third-order valence-electron chi connectivity index (χ3n) is 2.35. The van der Waals surface area contributed by atoms with Crippen molar-refractivity contribution < 1.29 is 18.9 Å². The molecule has 0 amide bonds. The average Bonchev–Trinajstić information content (AvgIpc) is 2.52. The summed E-state index contributed by atoms with van der Waals surface area (Å²) in [6.45, 7) is 6.68. The molecular weight excluding hydrogens is 292 g/mol. The van der Waals surface area contributed by atoms with Crippen LogP contribution >= 0.6 is 0 Å². The first-order valence-electron chi connectivity index (χ1n) is 7.14. The first-order valence-corrected chi connectivity index (χ1v) is 7.14. The lowest BCUT2D eigenvalue weighted by Gasteiger charge is -2.12. The molecule has 0 aromatic carbocycles. The van der Waals surface area contributed by atoms with E-state index in [-0.39, 0.29) is 5.92 Å². The molecule has 0 unspecified atom stereocenters. The molecular formula is C12H24N6O4. The maximum Gasteiger partial charge on any atom is 0.0700 e. The lowest BCUT2D eigenvalue weighted by molar-refractivity contribution is 0.00213. The molecule has 0 aromatic rings. The van der Waals surface area contributed by atoms with Gasteiger partial charge in [-0.15, -0.1) is 0 Å². The topological polar surface area (TPSA) is 134 Å². The minimum Gasteiger partial charge on any atom is -0.379 e. The van der Waals surface area contributed by atoms with Crippen LogP contribution < -0.4 is 0 Å². The van der Waals surface area contributed by atoms with Gasteiger partial charge in [-0.3, -0.25) is 0 Å². The van der Waals surface area contributed by atoms with Crippen molar-refractivity contribution >= 4 is 0 Å². The van der Waals surface area contributed by atoms with Gasteiger partial charge in [0.05, 0.1) is 52.9 Å². The summed E-state index contributed by atoms with van der Waals surface area (Å²) < 4.78 is 21.3. The highest BCUT2D eigenvalue weighted by Gasteiger charge is 2.02. The van der Waals surface area contributed by atoms with Gasteiger partial charge in [-0.2, -0.15) is 0 Å². The number of nitrogens with zero attached hydrogens (tertiary/aromatic N) is 6. The minimum atomic E-state index is 0.284. The van der Waals surface area contributed by atoms with Crippen LogP contribution in [0.3, 0.4) is 0 Å². The van der Waals surface area contributed by atoms with Crippen molar-refractivity contribution in [3.05, 3.63) is 20.9 Å². The van der Waals surface area contributed by atoms with Crippen LogP contribution in [0.1, 0.15) is 6.92 Å². The van der Waals surface area contributed by atoms with Crippen LogP contribution in [0.15, 0.2) is 10.2 Å². The fourth-order valence-electron chi connectivity index (χ4n) is 1.36. The van der Waals surface area contributed by atoms with Gasteiger partial charge >= 0.3 is 0 Å². The second kappa shape index (κ2) is 17.5. The zero-order chi connectivity index (χ0) is 16.3. The van der Waals surface area contributed by atoms with Gasteiger partial charge in [0.2, 0.25) is 0 Å². The fraction of sp³-hybridized carbons (Fsp3) is 1.00. The molecule has 126 valence electrons. The molecule has 0 rings (SSSR count). The molecule has 0 saturated carbocycles. The van der Waals surface area contributed by atoms with E-state index in [1.807, 2.05) is 6.92 Å². The average molecular weight is 316 g/mol. The number of hydrogen-bond acceptors (Lipinski definition) is 6. The number of azide groups is 2. The van der Waals surface area contributed by atoms with Crippen molar-refractivity contribution in [2.75, 3.05) is 65.9 Å². The van der Waals surface area contributed by atoms with Crippen molar-refractivity contribution in [2.24, 2.45) is 16.1 Å². The molecule has 0 aliphatic heterocycles. The van der Waals surface area contributed by atoms with E-state index in [4.69, 9.17) is 30.0 Å². The number of hydrogen-bond donors (Lipinski definition) is 0. The normalized spacial score (nSPS) is 11.5. The second-order valence-electron chi connectivity index (χ2n) is 4.39. The van der Waals surface area contributed by atoms with E-state index in [9.17, 15) is 0 Å². The van der Waals surface area contributed by atoms with E-state index in [2.05, 4.69) is 20.1 Å². The van der Waals surface area contributed by atoms with Gasteiger partial charge < -0.3 is 18.9 Å². The van der Waals surface area contributed by atoms with E-state index in [0.29, 0.717) is 65.9 Å². The highest BCUT2D eigenvalue weighted by molar-refractivity contribution is 4.50. The highest BCUT2D eigenvalue weighted by atomic mass is 16.5. The van der Waals surface area contributed by atoms with E-state index in [1.165, 1.54) is 0 Å². The van der Waals surface area contributed by atoms with Crippen LogP contribution in [-0.4, -0.2) is 65.9 Å². The van der Waals surface area contributed by atoms with E-state index in [1.54, 1.807) is 0 Å². The molecule has 0 atom stereocenters. The molecule has 0 heterocycles. The Morgan fingerprint density at radius 1 is 0.727 bits per heavy atom. The Hall–Kier alpha value is -1.54. The third kappa shape index (κ3) is 16.5. The third-order valence-corrected chi connectivity index (χ3v) is 2.35. The zero-order valence-electron chi connectivity index (χ0n) is 13.0. The zero-order valence-corrected chi connectivity index (χ0v) is 13.0. The molecule has 10 nitrogen and oxygen atoms in total. The molecule has 0 saturated heterocycles. The maximum absolute atomic E-state index is 8.06. The molecule has 0 spiro atoms. The Labute approximate surface area is 129 Å². The highest BCUT2D eigenvalue weighted by Crippen LogP contribution is 1.97. The van der Waals surface area contributed by atoms with Crippen LogP contribution in [0.25, 0.3) is 20.9 Å². The molecule has 0 N–H and O–H groups in total. The summed E-state index contributed by atoms with van der Waals surface area (Å²) in [6, 6.07) is 0. The Morgan fingerprint density at radius 2 is 1.14 bits per heavy atom. The lowest BCUT2D eigenvalue weighted by Crippen LogP contribution is -2.17. The van der Waals surface area contributed by atoms with Gasteiger partial charge in [-0.05, 0) is 11.1 Å². The Morgan fingerprint density at radius 3 is 1.55 bits per heavy atom. The van der Waals surface area contributed by atoms with E-state index < -0.39 is 0 Å². The molecule has 0 fully saturated rings. The first-order chi connectivity index (χ1) is 10.8. The molecule has 0 bridgehead atoms. The predicted molar refractivity (Wildman–Crippen MR) is 80.5 cm³/mol. The molecule has 0 aromatic heterocycles. The van der Waals surface area contributed by atoms with E-state index in [0.717, 1.165) is 0 Å². The standard InChI is InChI=1S/C12H24N6O4/c1-12(10-21-8-6-19-4-2-15-17-13)11-22-9-7-20-5-3-16-18-14/h12H,2-11H2,1H3. The maximum atomic E-state index is 8.06. The van der Waals surface area contributed by atoms with Crippen LogP contribution in [0.2, 0.25) is 0 Å². The van der Waals surface area contributed by atoms with Crippen LogP contribution in [0, 0.1) is 5.92 Å². The number of ether oxygens (including phenoxy) is 4. The minimum absolute atomic E-state index is 0.284. The van der Waals surface area contributed by atoms with Crippen LogP contribution in [-0.2, 0) is 18.9 Å². The van der Waals surface area contributed by atoms with Crippen LogP contribution in [0.4, 0.5) is 0 Å².